The fourth-order valence-electron chi connectivity index (χ4n) is 3.60. The molecule has 4 rings (SSSR count). The van der Waals surface area contributed by atoms with Gasteiger partial charge in [0.25, 0.3) is 0 Å². The molecule has 1 heterocycles. The minimum absolute atomic E-state index is 0.00556. The van der Waals surface area contributed by atoms with Crippen molar-refractivity contribution in [2.45, 2.75) is 19.9 Å². The van der Waals surface area contributed by atoms with Gasteiger partial charge in [0.2, 0.25) is 0 Å². The number of benzene rings is 3. The highest BCUT2D eigenvalue weighted by molar-refractivity contribution is 7.80. The number of thiocarbonyl (C=S) groups is 1. The summed E-state index contributed by atoms with van der Waals surface area (Å²) in [5.74, 6) is -0.826. The zero-order valence-electron chi connectivity index (χ0n) is 17.3. The van der Waals surface area contributed by atoms with E-state index in [0.717, 1.165) is 0 Å². The van der Waals surface area contributed by atoms with Gasteiger partial charge in [-0.05, 0) is 68.0 Å². The molecule has 0 atom stereocenters. The highest BCUT2D eigenvalue weighted by Gasteiger charge is 2.22. The summed E-state index contributed by atoms with van der Waals surface area (Å²) in [6, 6.07) is 14.0. The average Bonchev–Trinajstić information content (AvgIpc) is 2.71. The average molecular weight is 449 g/mol. The Labute approximate surface area is 188 Å². The van der Waals surface area contributed by atoms with Crippen LogP contribution >= 0.6 is 12.2 Å². The maximum absolute atomic E-state index is 12.2. The summed E-state index contributed by atoms with van der Waals surface area (Å²) in [5.41, 5.74) is 2.29. The first-order chi connectivity index (χ1) is 15.2. The Morgan fingerprint density at radius 1 is 1.03 bits per heavy atom. The Morgan fingerprint density at radius 2 is 1.78 bits per heavy atom. The molecule has 0 amide bonds. The molecule has 0 fully saturated rings. The van der Waals surface area contributed by atoms with E-state index >= 15 is 0 Å². The number of fused-ring (bicyclic) bond motifs is 2. The van der Waals surface area contributed by atoms with E-state index < -0.39 is 5.97 Å². The highest BCUT2D eigenvalue weighted by Crippen LogP contribution is 2.42. The number of rotatable bonds is 4. The van der Waals surface area contributed by atoms with Crippen molar-refractivity contribution in [1.29, 1.82) is 0 Å². The number of anilines is 1. The molecule has 4 N–H and O–H groups in total. The number of carbonyl (C=O) groups is 1. The van der Waals surface area contributed by atoms with Crippen LogP contribution in [0.4, 0.5) is 5.69 Å². The fourth-order valence-corrected chi connectivity index (χ4v) is 3.95. The third kappa shape index (κ3) is 4.13. The zero-order chi connectivity index (χ0) is 23.0. The van der Waals surface area contributed by atoms with Gasteiger partial charge in [-0.15, -0.1) is 0 Å². The number of nitrogens with one attached hydrogen (secondary N) is 2. The summed E-state index contributed by atoms with van der Waals surface area (Å²) in [7, 11) is 0. The van der Waals surface area contributed by atoms with Crippen LogP contribution in [0.5, 0.6) is 5.75 Å². The van der Waals surface area contributed by atoms with Gasteiger partial charge < -0.3 is 25.3 Å². The monoisotopic (exact) mass is 448 g/mol. The second-order valence-corrected chi connectivity index (χ2v) is 8.04. The molecular formula is C24H20N2O5S. The van der Waals surface area contributed by atoms with E-state index in [-0.39, 0.29) is 22.8 Å². The molecule has 0 aromatic heterocycles. The third-order valence-electron chi connectivity index (χ3n) is 4.87. The lowest BCUT2D eigenvalue weighted by molar-refractivity contribution is 0.0697. The van der Waals surface area contributed by atoms with Crippen LogP contribution in [0.2, 0.25) is 0 Å². The lowest BCUT2D eigenvalue weighted by Crippen LogP contribution is -2.33. The van der Waals surface area contributed by atoms with Crippen LogP contribution < -0.4 is 16.1 Å². The number of carboxylic acids is 1. The van der Waals surface area contributed by atoms with Crippen LogP contribution in [-0.2, 0) is 0 Å². The van der Waals surface area contributed by atoms with Gasteiger partial charge in [0, 0.05) is 40.4 Å². The Morgan fingerprint density at radius 3 is 2.50 bits per heavy atom. The fraction of sp³-hybridized carbons (Fsp3) is 0.125. The molecule has 0 unspecified atom stereocenters. The summed E-state index contributed by atoms with van der Waals surface area (Å²) in [6.07, 6.45) is 0. The zero-order valence-corrected chi connectivity index (χ0v) is 18.1. The minimum atomic E-state index is -1.12. The van der Waals surface area contributed by atoms with Gasteiger partial charge in [0.05, 0.1) is 5.56 Å². The van der Waals surface area contributed by atoms with Crippen molar-refractivity contribution in [3.05, 3.63) is 70.4 Å². The molecule has 1 aliphatic carbocycles. The van der Waals surface area contributed by atoms with Crippen molar-refractivity contribution in [2.24, 2.45) is 0 Å². The van der Waals surface area contributed by atoms with Crippen LogP contribution in [0.1, 0.15) is 24.2 Å². The summed E-state index contributed by atoms with van der Waals surface area (Å²) in [6.45, 7) is 3.89. The van der Waals surface area contributed by atoms with E-state index in [2.05, 4.69) is 10.6 Å². The Kier molecular flexibility index (Phi) is 5.54. The number of phenols is 1. The molecule has 0 saturated carbocycles. The van der Waals surface area contributed by atoms with Gasteiger partial charge in [-0.3, -0.25) is 4.79 Å². The molecule has 0 saturated heterocycles. The first-order valence-electron chi connectivity index (χ1n) is 9.88. The maximum atomic E-state index is 12.2. The summed E-state index contributed by atoms with van der Waals surface area (Å²) in [5, 5.41) is 26.9. The maximum Gasteiger partial charge on any atom is 0.336 e. The number of hydrogen-bond donors (Lipinski definition) is 4. The van der Waals surface area contributed by atoms with Crippen molar-refractivity contribution < 1.29 is 19.4 Å². The number of hydrogen-bond acceptors (Lipinski definition) is 5. The number of aromatic hydroxyl groups is 1. The summed E-state index contributed by atoms with van der Waals surface area (Å²) >= 11 is 5.26. The Bertz CT molecular complexity index is 1390. The van der Waals surface area contributed by atoms with Gasteiger partial charge in [-0.1, -0.05) is 6.07 Å². The second-order valence-electron chi connectivity index (χ2n) is 7.63. The molecule has 32 heavy (non-hydrogen) atoms. The smallest absolute Gasteiger partial charge is 0.336 e. The lowest BCUT2D eigenvalue weighted by Gasteiger charge is -2.18. The van der Waals surface area contributed by atoms with Crippen molar-refractivity contribution in [1.82, 2.24) is 5.32 Å². The van der Waals surface area contributed by atoms with Crippen LogP contribution in [0.15, 0.2) is 63.8 Å². The summed E-state index contributed by atoms with van der Waals surface area (Å²) in [4.78, 5) is 24.1. The number of phenolic OH excluding ortho intramolecular Hbond substituents is 1. The van der Waals surface area contributed by atoms with Gasteiger partial charge in [-0.2, -0.15) is 0 Å². The van der Waals surface area contributed by atoms with Crippen molar-refractivity contribution >= 4 is 40.0 Å². The van der Waals surface area contributed by atoms with E-state index in [1.807, 2.05) is 13.8 Å². The van der Waals surface area contributed by atoms with Gasteiger partial charge in [0.1, 0.15) is 17.1 Å². The molecule has 1 aliphatic heterocycles. The molecule has 2 aromatic rings. The largest absolute Gasteiger partial charge is 0.508 e. The molecule has 0 radical (unpaired) electrons. The second kappa shape index (κ2) is 8.32. The topological polar surface area (TPSA) is 112 Å². The van der Waals surface area contributed by atoms with Crippen molar-refractivity contribution in [3.63, 3.8) is 0 Å². The minimum Gasteiger partial charge on any atom is -0.508 e. The molecule has 7 nitrogen and oxygen atoms in total. The van der Waals surface area contributed by atoms with Crippen LogP contribution in [0.3, 0.4) is 0 Å². The Balaban J connectivity index is 1.96. The Hall–Kier alpha value is -3.91. The SMILES string of the molecule is CC(C)NC(=S)Nc1ccc(-c2c3ccc(=O)cc-3oc3cc(O)ccc23)c(C(=O)O)c1. The van der Waals surface area contributed by atoms with Crippen molar-refractivity contribution in [3.8, 4) is 28.2 Å². The molecule has 0 bridgehead atoms. The van der Waals surface area contributed by atoms with E-state index in [1.54, 1.807) is 24.3 Å². The molecule has 162 valence electrons. The predicted octanol–water partition coefficient (Wildman–Crippen LogP) is 4.66. The van der Waals surface area contributed by atoms with E-state index in [4.69, 9.17) is 16.6 Å². The standard InChI is InChI=1S/C24H20N2O5S/c1-12(2)25-24(32)26-13-3-6-16(19(9-13)23(29)30)22-17-7-4-14(27)10-20(17)31-21-11-15(28)5-8-18(21)22/h3-12,27H,1-2H3,(H,29,30)(H2,25,26,32). The van der Waals surface area contributed by atoms with Gasteiger partial charge in [-0.25, -0.2) is 4.79 Å². The van der Waals surface area contributed by atoms with E-state index in [9.17, 15) is 19.8 Å². The molecule has 0 spiro atoms. The number of carboxylic acid groups (broad SMARTS) is 1. The lowest BCUT2D eigenvalue weighted by atomic mass is 9.90. The first kappa shape index (κ1) is 21.3. The molecule has 2 aliphatic rings. The van der Waals surface area contributed by atoms with Crippen LogP contribution in [-0.4, -0.2) is 27.3 Å². The van der Waals surface area contributed by atoms with E-state index in [0.29, 0.717) is 44.2 Å². The first-order valence-corrected chi connectivity index (χ1v) is 10.3. The molecule has 8 heteroatoms. The normalized spacial score (nSPS) is 11.1. The van der Waals surface area contributed by atoms with Gasteiger partial charge >= 0.3 is 5.97 Å². The summed E-state index contributed by atoms with van der Waals surface area (Å²) < 4.78 is 5.84. The number of aromatic carboxylic acids is 1. The van der Waals surface area contributed by atoms with Gasteiger partial charge in [0.15, 0.2) is 10.5 Å². The highest BCUT2D eigenvalue weighted by atomic mass is 32.1. The van der Waals surface area contributed by atoms with E-state index in [1.165, 1.54) is 30.3 Å². The molecule has 2 aromatic carbocycles. The van der Waals surface area contributed by atoms with Crippen LogP contribution in [0, 0.1) is 0 Å². The quantitative estimate of drug-likeness (QED) is 0.263. The van der Waals surface area contributed by atoms with Crippen molar-refractivity contribution in [2.75, 3.05) is 5.32 Å². The third-order valence-corrected chi connectivity index (χ3v) is 5.09. The van der Waals surface area contributed by atoms with Crippen LogP contribution in [0.25, 0.3) is 33.4 Å². The predicted molar refractivity (Wildman–Crippen MR) is 128 cm³/mol. The molecular weight excluding hydrogens is 428 g/mol.